The van der Waals surface area contributed by atoms with Crippen LogP contribution in [-0.2, 0) is 9.53 Å². The van der Waals surface area contributed by atoms with Gasteiger partial charge in [-0.25, -0.2) is 9.59 Å². The molecule has 3 rings (SSSR count). The molecule has 0 radical (unpaired) electrons. The van der Waals surface area contributed by atoms with Gasteiger partial charge >= 0.3 is 12.0 Å². The average Bonchev–Trinajstić information content (AvgIpc) is 2.80. The number of esters is 1. The van der Waals surface area contributed by atoms with E-state index in [-0.39, 0.29) is 17.9 Å². The van der Waals surface area contributed by atoms with E-state index in [0.717, 1.165) is 5.56 Å². The van der Waals surface area contributed by atoms with Crippen LogP contribution in [0.5, 0.6) is 5.75 Å². The molecule has 31 heavy (non-hydrogen) atoms. The number of amides is 3. The van der Waals surface area contributed by atoms with Crippen molar-refractivity contribution in [3.05, 3.63) is 53.6 Å². The number of carbonyl (C=O) groups is 3. The van der Waals surface area contributed by atoms with Crippen LogP contribution in [0.4, 0.5) is 16.2 Å². The van der Waals surface area contributed by atoms with Gasteiger partial charge in [-0.05, 0) is 49.6 Å². The Hall–Kier alpha value is -3.55. The van der Waals surface area contributed by atoms with Gasteiger partial charge in [0.05, 0.1) is 25.5 Å². The van der Waals surface area contributed by atoms with Crippen molar-refractivity contribution in [3.8, 4) is 5.75 Å². The summed E-state index contributed by atoms with van der Waals surface area (Å²) in [5.41, 5.74) is 2.40. The molecule has 0 saturated carbocycles. The number of nitrogens with zero attached hydrogens (tertiary/aromatic N) is 1. The van der Waals surface area contributed by atoms with Crippen molar-refractivity contribution in [1.29, 1.82) is 0 Å². The number of aryl methyl sites for hydroxylation is 1. The van der Waals surface area contributed by atoms with Crippen LogP contribution >= 0.6 is 0 Å². The van der Waals surface area contributed by atoms with Gasteiger partial charge in [0.2, 0.25) is 5.91 Å². The highest BCUT2D eigenvalue weighted by Gasteiger charge is 2.28. The average molecular weight is 425 g/mol. The zero-order valence-electron chi connectivity index (χ0n) is 17.9. The zero-order chi connectivity index (χ0) is 22.4. The summed E-state index contributed by atoms with van der Waals surface area (Å²) in [7, 11) is 2.87. The van der Waals surface area contributed by atoms with E-state index < -0.39 is 5.97 Å². The summed E-state index contributed by atoms with van der Waals surface area (Å²) in [5, 5.41) is 5.78. The molecule has 1 heterocycles. The molecule has 0 spiro atoms. The van der Waals surface area contributed by atoms with Gasteiger partial charge < -0.3 is 25.0 Å². The minimum Gasteiger partial charge on any atom is -0.495 e. The van der Waals surface area contributed by atoms with Gasteiger partial charge in [0.15, 0.2) is 0 Å². The topological polar surface area (TPSA) is 97.0 Å². The summed E-state index contributed by atoms with van der Waals surface area (Å²) in [4.78, 5) is 38.8. The molecule has 0 aliphatic carbocycles. The lowest BCUT2D eigenvalue weighted by molar-refractivity contribution is -0.121. The second kappa shape index (κ2) is 9.97. The van der Waals surface area contributed by atoms with E-state index in [0.29, 0.717) is 48.6 Å². The van der Waals surface area contributed by atoms with Crippen molar-refractivity contribution < 1.29 is 23.9 Å². The molecule has 0 bridgehead atoms. The third kappa shape index (κ3) is 5.33. The van der Waals surface area contributed by atoms with Crippen molar-refractivity contribution in [3.63, 3.8) is 0 Å². The molecule has 8 nitrogen and oxygen atoms in total. The molecule has 164 valence electrons. The smallest absolute Gasteiger partial charge is 0.337 e. The number of methoxy groups -OCH3 is 2. The Morgan fingerprint density at radius 3 is 2.35 bits per heavy atom. The molecule has 1 fully saturated rings. The predicted octanol–water partition coefficient (Wildman–Crippen LogP) is 3.67. The van der Waals surface area contributed by atoms with Gasteiger partial charge in [0.25, 0.3) is 0 Å². The van der Waals surface area contributed by atoms with Crippen LogP contribution in [0, 0.1) is 12.8 Å². The monoisotopic (exact) mass is 425 g/mol. The number of carbonyl (C=O) groups excluding carboxylic acids is 3. The van der Waals surface area contributed by atoms with E-state index in [2.05, 4.69) is 10.6 Å². The Labute approximate surface area is 181 Å². The molecule has 0 aromatic heterocycles. The Morgan fingerprint density at radius 1 is 0.968 bits per heavy atom. The van der Waals surface area contributed by atoms with E-state index in [1.807, 2.05) is 19.1 Å². The summed E-state index contributed by atoms with van der Waals surface area (Å²) < 4.78 is 10.0. The highest BCUT2D eigenvalue weighted by Crippen LogP contribution is 2.26. The maximum absolute atomic E-state index is 12.7. The number of ether oxygens (including phenoxy) is 2. The Kier molecular flexibility index (Phi) is 7.12. The molecule has 3 amide bonds. The van der Waals surface area contributed by atoms with E-state index >= 15 is 0 Å². The zero-order valence-corrected chi connectivity index (χ0v) is 17.9. The molecule has 2 aromatic rings. The minimum absolute atomic E-state index is 0.0776. The summed E-state index contributed by atoms with van der Waals surface area (Å²) in [6.07, 6.45) is 1.13. The molecule has 1 saturated heterocycles. The Bertz CT molecular complexity index is 967. The number of piperidine rings is 1. The SMILES string of the molecule is COC(=O)c1ccc(C)c(NC(=O)N2CCC(C(=O)Nc3ccccc3OC)CC2)c1. The summed E-state index contributed by atoms with van der Waals surface area (Å²) in [6, 6.07) is 12.0. The van der Waals surface area contributed by atoms with Crippen LogP contribution in [0.1, 0.15) is 28.8 Å². The number of benzene rings is 2. The highest BCUT2D eigenvalue weighted by molar-refractivity contribution is 5.96. The van der Waals surface area contributed by atoms with E-state index in [1.54, 1.807) is 42.3 Å². The lowest BCUT2D eigenvalue weighted by Gasteiger charge is -2.31. The molecular weight excluding hydrogens is 398 g/mol. The van der Waals surface area contributed by atoms with Crippen LogP contribution < -0.4 is 15.4 Å². The van der Waals surface area contributed by atoms with Crippen molar-refractivity contribution in [2.24, 2.45) is 5.92 Å². The molecule has 0 atom stereocenters. The predicted molar refractivity (Wildman–Crippen MR) is 117 cm³/mol. The fourth-order valence-electron chi connectivity index (χ4n) is 3.52. The lowest BCUT2D eigenvalue weighted by atomic mass is 9.96. The molecule has 8 heteroatoms. The second-order valence-corrected chi connectivity index (χ2v) is 7.40. The first-order valence-electron chi connectivity index (χ1n) is 10.1. The Balaban J connectivity index is 1.56. The van der Waals surface area contributed by atoms with Gasteiger partial charge in [-0.3, -0.25) is 4.79 Å². The summed E-state index contributed by atoms with van der Waals surface area (Å²) >= 11 is 0. The van der Waals surface area contributed by atoms with Gasteiger partial charge in [-0.15, -0.1) is 0 Å². The van der Waals surface area contributed by atoms with Gasteiger partial charge in [0, 0.05) is 24.7 Å². The molecule has 1 aliphatic rings. The normalized spacial score (nSPS) is 14.0. The number of hydrogen-bond donors (Lipinski definition) is 2. The van der Waals surface area contributed by atoms with Gasteiger partial charge in [0.1, 0.15) is 5.75 Å². The minimum atomic E-state index is -0.461. The van der Waals surface area contributed by atoms with Crippen molar-refractivity contribution in [2.75, 3.05) is 37.9 Å². The molecule has 2 aromatic carbocycles. The molecule has 0 unspecified atom stereocenters. The van der Waals surface area contributed by atoms with Crippen molar-refractivity contribution in [2.45, 2.75) is 19.8 Å². The standard InChI is InChI=1S/C23H27N3O5/c1-15-8-9-17(22(28)31-3)14-19(15)25-23(29)26-12-10-16(11-13-26)21(27)24-18-6-4-5-7-20(18)30-2/h4-9,14,16H,10-13H2,1-3H3,(H,24,27)(H,25,29). The summed E-state index contributed by atoms with van der Waals surface area (Å²) in [6.45, 7) is 2.78. The first-order chi connectivity index (χ1) is 14.9. The lowest BCUT2D eigenvalue weighted by Crippen LogP contribution is -2.43. The van der Waals surface area contributed by atoms with Crippen LogP contribution in [0.15, 0.2) is 42.5 Å². The van der Waals surface area contributed by atoms with Crippen LogP contribution in [0.25, 0.3) is 0 Å². The van der Waals surface area contributed by atoms with Crippen LogP contribution in [0.3, 0.4) is 0 Å². The van der Waals surface area contributed by atoms with Crippen LogP contribution in [-0.4, -0.2) is 50.1 Å². The van der Waals surface area contributed by atoms with E-state index in [4.69, 9.17) is 9.47 Å². The number of likely N-dealkylation sites (tertiary alicyclic amines) is 1. The molecule has 2 N–H and O–H groups in total. The second-order valence-electron chi connectivity index (χ2n) is 7.40. The largest absolute Gasteiger partial charge is 0.495 e. The number of hydrogen-bond acceptors (Lipinski definition) is 5. The van der Waals surface area contributed by atoms with E-state index in [9.17, 15) is 14.4 Å². The first-order valence-corrected chi connectivity index (χ1v) is 10.1. The first kappa shape index (κ1) is 22.1. The maximum atomic E-state index is 12.7. The number of nitrogens with one attached hydrogen (secondary N) is 2. The Morgan fingerprint density at radius 2 is 1.68 bits per heavy atom. The fourth-order valence-corrected chi connectivity index (χ4v) is 3.52. The van der Waals surface area contributed by atoms with Crippen molar-refractivity contribution in [1.82, 2.24) is 4.90 Å². The highest BCUT2D eigenvalue weighted by atomic mass is 16.5. The quantitative estimate of drug-likeness (QED) is 0.713. The molecule has 1 aliphatic heterocycles. The van der Waals surface area contributed by atoms with Gasteiger partial charge in [-0.2, -0.15) is 0 Å². The van der Waals surface area contributed by atoms with Crippen molar-refractivity contribution >= 4 is 29.3 Å². The number of para-hydroxylation sites is 2. The third-order valence-electron chi connectivity index (χ3n) is 5.42. The maximum Gasteiger partial charge on any atom is 0.337 e. The van der Waals surface area contributed by atoms with Crippen LogP contribution in [0.2, 0.25) is 0 Å². The molecular formula is C23H27N3O5. The van der Waals surface area contributed by atoms with Gasteiger partial charge in [-0.1, -0.05) is 18.2 Å². The fraction of sp³-hybridized carbons (Fsp3) is 0.348. The third-order valence-corrected chi connectivity index (χ3v) is 5.42. The van der Waals surface area contributed by atoms with E-state index in [1.165, 1.54) is 7.11 Å². The number of urea groups is 1. The number of rotatable bonds is 5. The summed E-state index contributed by atoms with van der Waals surface area (Å²) in [5.74, 6) is -0.112. The number of anilines is 2.